The molecule has 130 valence electrons. The van der Waals surface area contributed by atoms with Crippen molar-refractivity contribution in [3.05, 3.63) is 64.7 Å². The Labute approximate surface area is 148 Å². The third-order valence-electron chi connectivity index (χ3n) is 4.62. The van der Waals surface area contributed by atoms with Crippen LogP contribution in [0.25, 0.3) is 0 Å². The molecule has 0 aliphatic carbocycles. The summed E-state index contributed by atoms with van der Waals surface area (Å²) in [6.07, 6.45) is 1.07. The van der Waals surface area contributed by atoms with E-state index in [0.717, 1.165) is 35.2 Å². The van der Waals surface area contributed by atoms with E-state index in [2.05, 4.69) is 0 Å². The second-order valence-electron chi connectivity index (χ2n) is 6.59. The van der Waals surface area contributed by atoms with Crippen LogP contribution < -0.4 is 4.90 Å². The van der Waals surface area contributed by atoms with Crippen LogP contribution in [0.5, 0.6) is 0 Å². The molecule has 4 heteroatoms. The Kier molecular flexibility index (Phi) is 4.88. The van der Waals surface area contributed by atoms with Gasteiger partial charge in [0.05, 0.1) is 5.56 Å². The Balaban J connectivity index is 1.75. The second kappa shape index (κ2) is 7.09. The number of nitrogens with zero attached hydrogens (tertiary/aromatic N) is 1. The van der Waals surface area contributed by atoms with Crippen LogP contribution in [0, 0.1) is 13.8 Å². The zero-order valence-electron chi connectivity index (χ0n) is 14.9. The molecule has 2 aromatic carbocycles. The van der Waals surface area contributed by atoms with Gasteiger partial charge >= 0.3 is 5.97 Å². The zero-order valence-corrected chi connectivity index (χ0v) is 14.9. The van der Waals surface area contributed by atoms with Crippen molar-refractivity contribution in [2.75, 3.05) is 11.4 Å². The average Bonchev–Trinajstić information content (AvgIpc) is 2.62. The largest absolute Gasteiger partial charge is 0.449 e. The molecule has 1 amide bonds. The van der Waals surface area contributed by atoms with Gasteiger partial charge in [-0.3, -0.25) is 4.79 Å². The molecule has 1 unspecified atom stereocenters. The first-order valence-electron chi connectivity index (χ1n) is 8.65. The first-order chi connectivity index (χ1) is 12.0. The van der Waals surface area contributed by atoms with Gasteiger partial charge in [-0.15, -0.1) is 0 Å². The van der Waals surface area contributed by atoms with Crippen molar-refractivity contribution >= 4 is 17.6 Å². The predicted molar refractivity (Wildman–Crippen MR) is 97.9 cm³/mol. The summed E-state index contributed by atoms with van der Waals surface area (Å²) in [6, 6.07) is 13.5. The Bertz CT molecular complexity index is 813. The zero-order chi connectivity index (χ0) is 18.0. The van der Waals surface area contributed by atoms with Gasteiger partial charge in [-0.05, 0) is 56.9 Å². The number of benzene rings is 2. The molecule has 0 N–H and O–H groups in total. The SMILES string of the molecule is Cc1ccc(C)c(C(=O)OC(C)C(=O)N2CCCc3ccccc32)c1. The smallest absolute Gasteiger partial charge is 0.339 e. The summed E-state index contributed by atoms with van der Waals surface area (Å²) >= 11 is 0. The number of anilines is 1. The summed E-state index contributed by atoms with van der Waals surface area (Å²) in [5.41, 5.74) is 4.43. The van der Waals surface area contributed by atoms with Crippen LogP contribution in [0.3, 0.4) is 0 Å². The number of hydrogen-bond acceptors (Lipinski definition) is 3. The van der Waals surface area contributed by atoms with E-state index in [0.29, 0.717) is 12.1 Å². The number of esters is 1. The number of aryl methyl sites for hydroxylation is 3. The highest BCUT2D eigenvalue weighted by atomic mass is 16.5. The van der Waals surface area contributed by atoms with Crippen LogP contribution in [-0.2, 0) is 16.0 Å². The minimum Gasteiger partial charge on any atom is -0.449 e. The molecular weight excluding hydrogens is 314 g/mol. The third kappa shape index (κ3) is 3.58. The topological polar surface area (TPSA) is 46.6 Å². The van der Waals surface area contributed by atoms with E-state index in [9.17, 15) is 9.59 Å². The maximum atomic E-state index is 12.8. The lowest BCUT2D eigenvalue weighted by Crippen LogP contribution is -2.42. The fourth-order valence-corrected chi connectivity index (χ4v) is 3.21. The van der Waals surface area contributed by atoms with E-state index in [1.165, 1.54) is 0 Å². The van der Waals surface area contributed by atoms with Gasteiger partial charge in [0.15, 0.2) is 6.10 Å². The molecule has 0 bridgehead atoms. The molecule has 1 heterocycles. The molecule has 3 rings (SSSR count). The van der Waals surface area contributed by atoms with Crippen molar-refractivity contribution in [1.29, 1.82) is 0 Å². The highest BCUT2D eigenvalue weighted by Gasteiger charge is 2.28. The molecular formula is C21H23NO3. The predicted octanol–water partition coefficient (Wildman–Crippen LogP) is 3.83. The number of carbonyl (C=O) groups is 2. The first-order valence-corrected chi connectivity index (χ1v) is 8.65. The summed E-state index contributed by atoms with van der Waals surface area (Å²) in [5, 5.41) is 0. The lowest BCUT2D eigenvalue weighted by atomic mass is 10.0. The van der Waals surface area contributed by atoms with Gasteiger partial charge < -0.3 is 9.64 Å². The van der Waals surface area contributed by atoms with Crippen molar-refractivity contribution in [1.82, 2.24) is 0 Å². The number of ether oxygens (including phenoxy) is 1. The summed E-state index contributed by atoms with van der Waals surface area (Å²) in [6.45, 7) is 6.09. The molecule has 1 aliphatic heterocycles. The van der Waals surface area contributed by atoms with E-state index in [1.54, 1.807) is 17.9 Å². The number of hydrogen-bond donors (Lipinski definition) is 0. The lowest BCUT2D eigenvalue weighted by Gasteiger charge is -2.31. The second-order valence-corrected chi connectivity index (χ2v) is 6.59. The van der Waals surface area contributed by atoms with E-state index < -0.39 is 12.1 Å². The molecule has 0 saturated carbocycles. The molecule has 4 nitrogen and oxygen atoms in total. The summed E-state index contributed by atoms with van der Waals surface area (Å²) < 4.78 is 5.47. The van der Waals surface area contributed by atoms with Gasteiger partial charge in [-0.1, -0.05) is 35.9 Å². The van der Waals surface area contributed by atoms with E-state index >= 15 is 0 Å². The summed E-state index contributed by atoms with van der Waals surface area (Å²) in [7, 11) is 0. The third-order valence-corrected chi connectivity index (χ3v) is 4.62. The fourth-order valence-electron chi connectivity index (χ4n) is 3.21. The normalized spacial score (nSPS) is 14.6. The van der Waals surface area contributed by atoms with Crippen molar-refractivity contribution in [3.63, 3.8) is 0 Å². The summed E-state index contributed by atoms with van der Waals surface area (Å²) in [4.78, 5) is 27.0. The van der Waals surface area contributed by atoms with Crippen molar-refractivity contribution in [2.45, 2.75) is 39.7 Å². The van der Waals surface area contributed by atoms with E-state index in [4.69, 9.17) is 4.74 Å². The van der Waals surface area contributed by atoms with E-state index in [-0.39, 0.29) is 5.91 Å². The Hall–Kier alpha value is -2.62. The number of para-hydroxylation sites is 1. The number of rotatable bonds is 3. The van der Waals surface area contributed by atoms with Gasteiger partial charge in [0.2, 0.25) is 0 Å². The monoisotopic (exact) mass is 337 g/mol. The number of amides is 1. The first kappa shape index (κ1) is 17.2. The molecule has 2 aromatic rings. The molecule has 1 aliphatic rings. The molecule has 0 spiro atoms. The number of carbonyl (C=O) groups excluding carboxylic acids is 2. The molecule has 0 radical (unpaired) electrons. The molecule has 1 atom stereocenters. The fraction of sp³-hybridized carbons (Fsp3) is 0.333. The average molecular weight is 337 g/mol. The van der Waals surface area contributed by atoms with Gasteiger partial charge in [0, 0.05) is 12.2 Å². The van der Waals surface area contributed by atoms with Gasteiger partial charge in [-0.25, -0.2) is 4.79 Å². The van der Waals surface area contributed by atoms with Crippen molar-refractivity contribution < 1.29 is 14.3 Å². The van der Waals surface area contributed by atoms with E-state index in [1.807, 2.05) is 50.2 Å². The van der Waals surface area contributed by atoms with Crippen LogP contribution in [0.2, 0.25) is 0 Å². The maximum Gasteiger partial charge on any atom is 0.339 e. The highest BCUT2D eigenvalue weighted by Crippen LogP contribution is 2.27. The molecule has 25 heavy (non-hydrogen) atoms. The highest BCUT2D eigenvalue weighted by molar-refractivity contribution is 6.00. The number of fused-ring (bicyclic) bond motifs is 1. The van der Waals surface area contributed by atoms with Gasteiger partial charge in [0.1, 0.15) is 0 Å². The van der Waals surface area contributed by atoms with Crippen LogP contribution in [0.4, 0.5) is 5.69 Å². The van der Waals surface area contributed by atoms with Crippen LogP contribution in [0.15, 0.2) is 42.5 Å². The Morgan fingerprint density at radius 3 is 2.68 bits per heavy atom. The minimum atomic E-state index is -0.821. The quantitative estimate of drug-likeness (QED) is 0.800. The van der Waals surface area contributed by atoms with Crippen molar-refractivity contribution in [3.8, 4) is 0 Å². The molecule has 0 fully saturated rings. The standard InChI is InChI=1S/C21H23NO3/c1-14-10-11-15(2)18(13-14)21(24)25-16(3)20(23)22-12-6-8-17-7-4-5-9-19(17)22/h4-5,7,9-11,13,16H,6,8,12H2,1-3H3. The minimum absolute atomic E-state index is 0.175. The van der Waals surface area contributed by atoms with Crippen molar-refractivity contribution in [2.24, 2.45) is 0 Å². The van der Waals surface area contributed by atoms with Crippen LogP contribution in [0.1, 0.15) is 40.4 Å². The van der Waals surface area contributed by atoms with Gasteiger partial charge in [-0.2, -0.15) is 0 Å². The Morgan fingerprint density at radius 1 is 1.12 bits per heavy atom. The molecule has 0 saturated heterocycles. The van der Waals surface area contributed by atoms with Crippen LogP contribution in [-0.4, -0.2) is 24.5 Å². The lowest BCUT2D eigenvalue weighted by molar-refractivity contribution is -0.126. The summed E-state index contributed by atoms with van der Waals surface area (Å²) in [5.74, 6) is -0.627. The molecule has 0 aromatic heterocycles. The van der Waals surface area contributed by atoms with Gasteiger partial charge in [0.25, 0.3) is 5.91 Å². The van der Waals surface area contributed by atoms with Crippen LogP contribution >= 0.6 is 0 Å². The Morgan fingerprint density at radius 2 is 1.88 bits per heavy atom. The maximum absolute atomic E-state index is 12.8.